The van der Waals surface area contributed by atoms with Crippen molar-refractivity contribution in [2.75, 3.05) is 6.79 Å². The van der Waals surface area contributed by atoms with Crippen molar-refractivity contribution in [2.24, 2.45) is 0 Å². The molecule has 0 saturated heterocycles. The summed E-state index contributed by atoms with van der Waals surface area (Å²) >= 11 is 6.11. The minimum Gasteiger partial charge on any atom is -0.454 e. The molecule has 0 spiro atoms. The van der Waals surface area contributed by atoms with Gasteiger partial charge in [-0.25, -0.2) is 8.42 Å². The third-order valence-corrected chi connectivity index (χ3v) is 6.15. The molecule has 1 aliphatic rings. The van der Waals surface area contributed by atoms with E-state index in [1.165, 1.54) is 6.92 Å². The topological polar surface area (TPSA) is 91.5 Å². The summed E-state index contributed by atoms with van der Waals surface area (Å²) in [5, 5.41) is 3.27. The lowest BCUT2D eigenvalue weighted by atomic mass is 9.96. The van der Waals surface area contributed by atoms with E-state index in [-0.39, 0.29) is 23.9 Å². The molecular weight excluding hydrogens is 368 g/mol. The molecule has 0 bridgehead atoms. The molecule has 1 aliphatic heterocycles. The van der Waals surface area contributed by atoms with Gasteiger partial charge in [-0.1, -0.05) is 37.5 Å². The van der Waals surface area contributed by atoms with Gasteiger partial charge in [0.1, 0.15) is 5.25 Å². The van der Waals surface area contributed by atoms with E-state index in [0.717, 1.165) is 0 Å². The van der Waals surface area contributed by atoms with Gasteiger partial charge in [0.25, 0.3) is 0 Å². The highest BCUT2D eigenvalue weighted by atomic mass is 35.5. The fraction of sp³-hybridized carbons (Fsp3) is 0.500. The second-order valence-corrected chi connectivity index (χ2v) is 9.70. The van der Waals surface area contributed by atoms with Crippen molar-refractivity contribution in [3.63, 3.8) is 0 Å². The summed E-state index contributed by atoms with van der Waals surface area (Å²) < 4.78 is 41.1. The fourth-order valence-electron chi connectivity index (χ4n) is 2.32. The predicted molar refractivity (Wildman–Crippen MR) is 91.6 cm³/mol. The van der Waals surface area contributed by atoms with Crippen LogP contribution in [0, 0.1) is 0 Å². The zero-order valence-electron chi connectivity index (χ0n) is 14.4. The minimum absolute atomic E-state index is 0.0687. The molecule has 0 fully saturated rings. The first-order valence-electron chi connectivity index (χ1n) is 7.71. The van der Waals surface area contributed by atoms with Gasteiger partial charge in [-0.3, -0.25) is 0 Å². The Balaban J connectivity index is 1.84. The number of sulfone groups is 1. The molecule has 1 aromatic carbocycles. The average molecular weight is 387 g/mol. The highest BCUT2D eigenvalue weighted by Gasteiger charge is 2.31. The Morgan fingerprint density at radius 3 is 2.64 bits per heavy atom. The highest BCUT2D eigenvalue weighted by molar-refractivity contribution is 7.90. The summed E-state index contributed by atoms with van der Waals surface area (Å²) in [6.07, 6.45) is 0. The van der Waals surface area contributed by atoms with Crippen LogP contribution in [0.15, 0.2) is 16.7 Å². The Bertz CT molecular complexity index is 902. The van der Waals surface area contributed by atoms with E-state index in [1.54, 1.807) is 12.1 Å². The lowest BCUT2D eigenvalue weighted by Gasteiger charge is -2.12. The van der Waals surface area contributed by atoms with Crippen LogP contribution in [0.4, 0.5) is 0 Å². The van der Waals surface area contributed by atoms with Crippen molar-refractivity contribution in [3.05, 3.63) is 34.4 Å². The smallest absolute Gasteiger partial charge is 0.244 e. The van der Waals surface area contributed by atoms with E-state index in [9.17, 15) is 8.42 Å². The van der Waals surface area contributed by atoms with E-state index in [2.05, 4.69) is 10.1 Å². The third kappa shape index (κ3) is 3.59. The molecule has 25 heavy (non-hydrogen) atoms. The lowest BCUT2D eigenvalue weighted by Crippen LogP contribution is -2.15. The molecule has 1 aromatic heterocycles. The Labute approximate surface area is 151 Å². The Kier molecular flexibility index (Phi) is 4.45. The quantitative estimate of drug-likeness (QED) is 0.794. The average Bonchev–Trinajstić information content (AvgIpc) is 3.14. The van der Waals surface area contributed by atoms with Crippen LogP contribution in [-0.4, -0.2) is 25.4 Å². The largest absolute Gasteiger partial charge is 0.454 e. The number of rotatable bonds is 4. The molecular formula is C16H19ClN2O5S. The molecule has 0 radical (unpaired) electrons. The number of fused-ring (bicyclic) bond motifs is 1. The van der Waals surface area contributed by atoms with Gasteiger partial charge in [0.15, 0.2) is 27.2 Å². The molecule has 1 atom stereocenters. The van der Waals surface area contributed by atoms with Gasteiger partial charge in [0, 0.05) is 5.41 Å². The van der Waals surface area contributed by atoms with Crippen LogP contribution in [0.3, 0.4) is 0 Å². The summed E-state index contributed by atoms with van der Waals surface area (Å²) in [5.74, 6) is 1.20. The summed E-state index contributed by atoms with van der Waals surface area (Å²) in [5.41, 5.74) is 0.187. The maximum Gasteiger partial charge on any atom is 0.244 e. The van der Waals surface area contributed by atoms with Gasteiger partial charge in [-0.2, -0.15) is 4.98 Å². The standard InChI is InChI=1S/C16H19ClN2O5S/c1-9(14-18-15(19-24-14)16(2,3)4)25(20,21)7-10-5-11(17)13-12(6-10)22-8-23-13/h5-6,9H,7-8H2,1-4H3/t9-/m1/s1. The molecule has 0 N–H and O–H groups in total. The first kappa shape index (κ1) is 18.0. The Morgan fingerprint density at radius 2 is 2.00 bits per heavy atom. The molecule has 3 rings (SSSR count). The van der Waals surface area contributed by atoms with Gasteiger partial charge in [-0.05, 0) is 24.6 Å². The molecule has 7 nitrogen and oxygen atoms in total. The van der Waals surface area contributed by atoms with Crippen molar-refractivity contribution in [3.8, 4) is 11.5 Å². The van der Waals surface area contributed by atoms with Crippen LogP contribution in [0.25, 0.3) is 0 Å². The van der Waals surface area contributed by atoms with Crippen molar-refractivity contribution in [2.45, 2.75) is 44.1 Å². The van der Waals surface area contributed by atoms with Crippen molar-refractivity contribution >= 4 is 21.4 Å². The van der Waals surface area contributed by atoms with Crippen LogP contribution in [-0.2, 0) is 21.0 Å². The van der Waals surface area contributed by atoms with Gasteiger partial charge >= 0.3 is 0 Å². The number of aromatic nitrogens is 2. The normalized spacial score (nSPS) is 15.4. The molecule has 9 heteroatoms. The number of ether oxygens (including phenoxy) is 2. The second-order valence-electron chi connectivity index (χ2n) is 6.97. The molecule has 0 amide bonds. The van der Waals surface area contributed by atoms with Crippen molar-refractivity contribution in [1.82, 2.24) is 10.1 Å². The highest BCUT2D eigenvalue weighted by Crippen LogP contribution is 2.40. The van der Waals surface area contributed by atoms with Gasteiger partial charge in [0.2, 0.25) is 12.7 Å². The lowest BCUT2D eigenvalue weighted by molar-refractivity contribution is 0.174. The number of hydrogen-bond donors (Lipinski definition) is 0. The SMILES string of the molecule is C[C@H](c1nc(C(C)(C)C)no1)S(=O)(=O)Cc1cc(Cl)c2c(c1)OCO2. The van der Waals surface area contributed by atoms with Crippen molar-refractivity contribution < 1.29 is 22.4 Å². The van der Waals surface area contributed by atoms with E-state index >= 15 is 0 Å². The molecule has 2 aromatic rings. The Hall–Kier alpha value is -1.80. The van der Waals surface area contributed by atoms with Crippen LogP contribution in [0.1, 0.15) is 50.2 Å². The number of halogens is 1. The van der Waals surface area contributed by atoms with Crippen molar-refractivity contribution in [1.29, 1.82) is 0 Å². The van der Waals surface area contributed by atoms with E-state index in [0.29, 0.717) is 27.9 Å². The summed E-state index contributed by atoms with van der Waals surface area (Å²) in [6, 6.07) is 3.18. The number of benzene rings is 1. The van der Waals surface area contributed by atoms with Gasteiger partial charge < -0.3 is 14.0 Å². The van der Waals surface area contributed by atoms with Crippen LogP contribution < -0.4 is 9.47 Å². The summed E-state index contributed by atoms with van der Waals surface area (Å²) in [6.45, 7) is 7.38. The number of nitrogens with zero attached hydrogens (tertiary/aromatic N) is 2. The maximum atomic E-state index is 12.7. The van der Waals surface area contributed by atoms with E-state index in [1.807, 2.05) is 20.8 Å². The molecule has 0 aliphatic carbocycles. The number of hydrogen-bond acceptors (Lipinski definition) is 7. The zero-order valence-corrected chi connectivity index (χ0v) is 15.9. The van der Waals surface area contributed by atoms with Gasteiger partial charge in [-0.15, -0.1) is 0 Å². The second kappa shape index (κ2) is 6.17. The summed E-state index contributed by atoms with van der Waals surface area (Å²) in [7, 11) is -3.58. The van der Waals surface area contributed by atoms with Crippen LogP contribution in [0.2, 0.25) is 5.02 Å². The predicted octanol–water partition coefficient (Wildman–Crippen LogP) is 3.43. The molecule has 0 saturated carbocycles. The first-order chi connectivity index (χ1) is 11.6. The van der Waals surface area contributed by atoms with E-state index < -0.39 is 15.1 Å². The third-order valence-electron chi connectivity index (χ3n) is 3.85. The van der Waals surface area contributed by atoms with E-state index in [4.69, 9.17) is 25.6 Å². The van der Waals surface area contributed by atoms with Gasteiger partial charge in [0.05, 0.1) is 10.8 Å². The first-order valence-corrected chi connectivity index (χ1v) is 9.81. The molecule has 136 valence electrons. The zero-order chi connectivity index (χ0) is 18.4. The maximum absolute atomic E-state index is 12.7. The fourth-order valence-corrected chi connectivity index (χ4v) is 3.89. The summed E-state index contributed by atoms with van der Waals surface area (Å²) in [4.78, 5) is 4.24. The minimum atomic E-state index is -3.58. The van der Waals surface area contributed by atoms with Crippen LogP contribution in [0.5, 0.6) is 11.5 Å². The molecule has 2 heterocycles. The Morgan fingerprint density at radius 1 is 1.28 bits per heavy atom. The monoisotopic (exact) mass is 386 g/mol. The van der Waals surface area contributed by atoms with Crippen LogP contribution >= 0.6 is 11.6 Å². The molecule has 0 unspecified atom stereocenters.